The van der Waals surface area contributed by atoms with E-state index in [1.54, 1.807) is 36.2 Å². The summed E-state index contributed by atoms with van der Waals surface area (Å²) < 4.78 is 0. The Morgan fingerprint density at radius 3 is 2.61 bits per heavy atom. The van der Waals surface area contributed by atoms with Crippen LogP contribution in [0.5, 0.6) is 0 Å². The van der Waals surface area contributed by atoms with Crippen molar-refractivity contribution in [1.29, 1.82) is 0 Å². The number of anilines is 3. The van der Waals surface area contributed by atoms with Crippen molar-refractivity contribution in [3.05, 3.63) is 45.7 Å². The first-order valence-corrected chi connectivity index (χ1v) is 10.1. The van der Waals surface area contributed by atoms with Crippen LogP contribution in [0.4, 0.5) is 17.5 Å². The van der Waals surface area contributed by atoms with Gasteiger partial charge in [-0.15, -0.1) is 0 Å². The highest BCUT2D eigenvalue weighted by molar-refractivity contribution is 5.96. The third-order valence-electron chi connectivity index (χ3n) is 5.22. The first-order chi connectivity index (χ1) is 15.7. The molecule has 13 nitrogen and oxygen atoms in total. The van der Waals surface area contributed by atoms with Crippen molar-refractivity contribution in [3.8, 4) is 0 Å². The van der Waals surface area contributed by atoms with E-state index in [0.717, 1.165) is 5.56 Å². The summed E-state index contributed by atoms with van der Waals surface area (Å²) in [4.78, 5) is 54.8. The molecule has 0 radical (unpaired) electrons. The number of carbonyl (C=O) groups is 3. The molecule has 0 fully saturated rings. The lowest BCUT2D eigenvalue weighted by Crippen LogP contribution is -2.52. The summed E-state index contributed by atoms with van der Waals surface area (Å²) in [6.07, 6.45) is -0.792. The zero-order chi connectivity index (χ0) is 24.1. The van der Waals surface area contributed by atoms with Gasteiger partial charge in [0.1, 0.15) is 17.5 Å². The van der Waals surface area contributed by atoms with Crippen LogP contribution < -0.4 is 32.1 Å². The van der Waals surface area contributed by atoms with E-state index >= 15 is 0 Å². The third kappa shape index (κ3) is 5.77. The molecule has 8 N–H and O–H groups in total. The lowest BCUT2D eigenvalue weighted by molar-refractivity contribution is -0.140. The van der Waals surface area contributed by atoms with Crippen molar-refractivity contribution in [2.45, 2.75) is 31.6 Å². The van der Waals surface area contributed by atoms with Crippen LogP contribution in [0.3, 0.4) is 0 Å². The zero-order valence-electron chi connectivity index (χ0n) is 17.8. The fourth-order valence-electron chi connectivity index (χ4n) is 3.42. The van der Waals surface area contributed by atoms with Crippen molar-refractivity contribution >= 4 is 35.3 Å². The number of carboxylic acid groups (broad SMARTS) is 2. The number of carboxylic acids is 2. The Morgan fingerprint density at radius 2 is 1.97 bits per heavy atom. The lowest BCUT2D eigenvalue weighted by atomic mass is 10.1. The number of fused-ring (bicyclic) bond motifs is 1. The Labute approximate surface area is 188 Å². The number of carbonyl (C=O) groups excluding carboxylic acids is 1. The molecule has 1 amide bonds. The quantitative estimate of drug-likeness (QED) is 0.252. The molecule has 1 aromatic heterocycles. The van der Waals surface area contributed by atoms with Crippen molar-refractivity contribution in [1.82, 2.24) is 20.6 Å². The topological polar surface area (TPSA) is 203 Å². The standard InChI is InChI=1S/C20H25N7O6/c1-27-13(9-23-16-15(27)18(31)26-20(21)25-16)22-8-10-2-4-11(5-3-10)17(30)24-12(19(32)33)6-7-14(28)29/h2-5,12-13,22H,6-9H2,1H3,(H,24,30)(H,28,29)(H,32,33)(H4,21,23,25,26,31)/t12-,13+/m0/s1. The van der Waals surface area contributed by atoms with E-state index in [-0.39, 0.29) is 30.5 Å². The van der Waals surface area contributed by atoms with Gasteiger partial charge in [0.2, 0.25) is 5.95 Å². The Kier molecular flexibility index (Phi) is 7.13. The first-order valence-electron chi connectivity index (χ1n) is 10.1. The number of amides is 1. The highest BCUT2D eigenvalue weighted by atomic mass is 16.4. The van der Waals surface area contributed by atoms with Gasteiger partial charge in [-0.1, -0.05) is 12.1 Å². The second-order valence-corrected chi connectivity index (χ2v) is 7.53. The Morgan fingerprint density at radius 1 is 1.27 bits per heavy atom. The first kappa shape index (κ1) is 23.5. The average Bonchev–Trinajstić information content (AvgIpc) is 2.75. The van der Waals surface area contributed by atoms with Gasteiger partial charge in [0, 0.05) is 32.1 Å². The van der Waals surface area contributed by atoms with Gasteiger partial charge in [-0.3, -0.25) is 19.7 Å². The zero-order valence-corrected chi connectivity index (χ0v) is 17.8. The predicted molar refractivity (Wildman–Crippen MR) is 119 cm³/mol. The van der Waals surface area contributed by atoms with Crippen LogP contribution >= 0.6 is 0 Å². The number of hydrogen-bond donors (Lipinski definition) is 7. The summed E-state index contributed by atoms with van der Waals surface area (Å²) >= 11 is 0. The Hall–Kier alpha value is -4.13. The minimum atomic E-state index is -1.30. The van der Waals surface area contributed by atoms with E-state index in [4.69, 9.17) is 10.8 Å². The largest absolute Gasteiger partial charge is 0.481 e. The summed E-state index contributed by atoms with van der Waals surface area (Å²) in [5, 5.41) is 26.7. The van der Waals surface area contributed by atoms with Crippen molar-refractivity contribution in [2.24, 2.45) is 0 Å². The van der Waals surface area contributed by atoms with E-state index in [1.807, 2.05) is 0 Å². The van der Waals surface area contributed by atoms with Gasteiger partial charge in [-0.2, -0.15) is 4.98 Å². The molecular weight excluding hydrogens is 434 g/mol. The number of aromatic amines is 1. The van der Waals surface area contributed by atoms with Crippen LogP contribution in [0.2, 0.25) is 0 Å². The van der Waals surface area contributed by atoms with Gasteiger partial charge >= 0.3 is 11.9 Å². The molecule has 0 saturated heterocycles. The van der Waals surface area contributed by atoms with Crippen molar-refractivity contribution in [2.75, 3.05) is 29.5 Å². The summed E-state index contributed by atoms with van der Waals surface area (Å²) in [5.74, 6) is -2.50. The molecular formula is C20H25N7O6. The number of aliphatic carboxylic acids is 2. The minimum Gasteiger partial charge on any atom is -0.481 e. The predicted octanol–water partition coefficient (Wildman–Crippen LogP) is -0.622. The molecule has 1 aliphatic heterocycles. The number of nitrogens with zero attached hydrogens (tertiary/aromatic N) is 2. The SMILES string of the molecule is CN1c2c([nH]c(N)nc2=O)NC[C@@H]1NCc1ccc(C(=O)N[C@@H](CCC(=O)O)C(=O)O)cc1. The van der Waals surface area contributed by atoms with Crippen molar-refractivity contribution in [3.63, 3.8) is 0 Å². The molecule has 0 spiro atoms. The maximum absolute atomic E-state index is 12.3. The van der Waals surface area contributed by atoms with E-state index < -0.39 is 29.4 Å². The molecule has 0 bridgehead atoms. The van der Waals surface area contributed by atoms with E-state index in [0.29, 0.717) is 24.6 Å². The number of hydrogen-bond acceptors (Lipinski definition) is 9. The van der Waals surface area contributed by atoms with Gasteiger partial charge < -0.3 is 36.5 Å². The van der Waals surface area contributed by atoms with Crippen LogP contribution in [-0.2, 0) is 16.1 Å². The number of H-pyrrole nitrogens is 1. The fourth-order valence-corrected chi connectivity index (χ4v) is 3.42. The van der Waals surface area contributed by atoms with Gasteiger partial charge in [0.15, 0.2) is 0 Å². The molecule has 0 unspecified atom stereocenters. The number of benzene rings is 1. The molecule has 3 rings (SSSR count). The average molecular weight is 459 g/mol. The smallest absolute Gasteiger partial charge is 0.326 e. The molecule has 1 aliphatic rings. The van der Waals surface area contributed by atoms with Crippen LogP contribution in [0.25, 0.3) is 0 Å². The Bertz CT molecular complexity index is 1100. The number of rotatable bonds is 9. The lowest BCUT2D eigenvalue weighted by Gasteiger charge is -2.36. The normalized spacial score (nSPS) is 15.8. The highest BCUT2D eigenvalue weighted by Crippen LogP contribution is 2.24. The van der Waals surface area contributed by atoms with Gasteiger partial charge in [-0.05, 0) is 24.1 Å². The molecule has 0 aliphatic carbocycles. The number of nitrogens with two attached hydrogens (primary N) is 1. The molecule has 13 heteroatoms. The number of likely N-dealkylation sites (N-methyl/N-ethyl adjacent to an activating group) is 1. The maximum Gasteiger partial charge on any atom is 0.326 e. The minimum absolute atomic E-state index is 0.0340. The summed E-state index contributed by atoms with van der Waals surface area (Å²) in [7, 11) is 1.76. The van der Waals surface area contributed by atoms with Crippen LogP contribution in [0, 0.1) is 0 Å². The van der Waals surface area contributed by atoms with Crippen LogP contribution in [0.15, 0.2) is 29.1 Å². The summed E-state index contributed by atoms with van der Waals surface area (Å²) in [5.41, 5.74) is 6.61. The third-order valence-corrected chi connectivity index (χ3v) is 5.22. The maximum atomic E-state index is 12.3. The van der Waals surface area contributed by atoms with Crippen molar-refractivity contribution < 1.29 is 24.6 Å². The van der Waals surface area contributed by atoms with Crippen LogP contribution in [0.1, 0.15) is 28.8 Å². The van der Waals surface area contributed by atoms with Gasteiger partial charge in [-0.25, -0.2) is 4.79 Å². The molecule has 2 atom stereocenters. The summed E-state index contributed by atoms with van der Waals surface area (Å²) in [6, 6.07) is 5.25. The van der Waals surface area contributed by atoms with E-state index in [1.165, 1.54) is 0 Å². The highest BCUT2D eigenvalue weighted by Gasteiger charge is 2.26. The second-order valence-electron chi connectivity index (χ2n) is 7.53. The Balaban J connectivity index is 1.58. The fraction of sp³-hybridized carbons (Fsp3) is 0.350. The molecule has 1 aromatic carbocycles. The molecule has 2 heterocycles. The number of nitrogens with one attached hydrogen (secondary N) is 4. The molecule has 0 saturated carbocycles. The van der Waals surface area contributed by atoms with E-state index in [9.17, 15) is 24.3 Å². The second kappa shape index (κ2) is 9.99. The number of nitrogen functional groups attached to an aromatic ring is 1. The summed E-state index contributed by atoms with van der Waals surface area (Å²) in [6.45, 7) is 0.931. The molecule has 2 aromatic rings. The molecule has 176 valence electrons. The van der Waals surface area contributed by atoms with Crippen LogP contribution in [-0.4, -0.2) is 63.8 Å². The van der Waals surface area contributed by atoms with Gasteiger partial charge in [0.25, 0.3) is 11.5 Å². The monoisotopic (exact) mass is 459 g/mol. The number of aromatic nitrogens is 2. The van der Waals surface area contributed by atoms with E-state index in [2.05, 4.69) is 25.9 Å². The van der Waals surface area contributed by atoms with Gasteiger partial charge in [0.05, 0.1) is 6.17 Å². The molecule has 33 heavy (non-hydrogen) atoms.